The Morgan fingerprint density at radius 1 is 1.19 bits per heavy atom. The van der Waals surface area contributed by atoms with Gasteiger partial charge in [-0.1, -0.05) is 6.07 Å². The van der Waals surface area contributed by atoms with Crippen molar-refractivity contribution in [2.24, 2.45) is 11.7 Å². The van der Waals surface area contributed by atoms with Gasteiger partial charge in [-0.2, -0.15) is 0 Å². The van der Waals surface area contributed by atoms with Gasteiger partial charge in [0.1, 0.15) is 5.82 Å². The molecule has 0 aliphatic carbocycles. The molecule has 2 unspecified atom stereocenters. The minimum absolute atomic E-state index is 0. The van der Waals surface area contributed by atoms with Crippen molar-refractivity contribution in [3.8, 4) is 0 Å². The number of nitrogens with zero attached hydrogens (tertiary/aromatic N) is 4. The molecule has 7 nitrogen and oxygen atoms in total. The third kappa shape index (κ3) is 4.54. The summed E-state index contributed by atoms with van der Waals surface area (Å²) in [6, 6.07) is 5.46. The van der Waals surface area contributed by atoms with Crippen molar-refractivity contribution in [1.82, 2.24) is 19.5 Å². The lowest BCUT2D eigenvalue weighted by Gasteiger charge is -2.36. The molecular formula is C18H27Cl2N5O2. The van der Waals surface area contributed by atoms with Gasteiger partial charge in [0.15, 0.2) is 5.65 Å². The fraction of sp³-hybridized carbons (Fsp3) is 0.611. The van der Waals surface area contributed by atoms with Crippen LogP contribution in [0, 0.1) is 5.92 Å². The number of pyridine rings is 1. The van der Waals surface area contributed by atoms with Gasteiger partial charge in [-0.05, 0) is 43.7 Å². The fourth-order valence-corrected chi connectivity index (χ4v) is 4.01. The lowest BCUT2D eigenvalue weighted by atomic mass is 9.90. The number of nitrogens with two attached hydrogens (primary N) is 1. The van der Waals surface area contributed by atoms with Gasteiger partial charge in [0.05, 0.1) is 6.04 Å². The third-order valence-electron chi connectivity index (χ3n) is 5.50. The number of carbonyl (C=O) groups excluding carboxylic acids is 1. The molecule has 2 saturated heterocycles. The Balaban J connectivity index is 0.00000131. The highest BCUT2D eigenvalue weighted by Crippen LogP contribution is 2.27. The zero-order chi connectivity index (χ0) is 17.2. The first-order chi connectivity index (χ1) is 12.2. The molecule has 2 N–H and O–H groups in total. The summed E-state index contributed by atoms with van der Waals surface area (Å²) in [5.74, 6) is 1.45. The van der Waals surface area contributed by atoms with E-state index in [0.717, 1.165) is 43.7 Å². The molecule has 2 aromatic rings. The number of amides is 1. The van der Waals surface area contributed by atoms with E-state index in [9.17, 15) is 4.79 Å². The van der Waals surface area contributed by atoms with Gasteiger partial charge in [0.25, 0.3) is 0 Å². The van der Waals surface area contributed by atoms with E-state index in [2.05, 4.69) is 10.2 Å². The molecular weight excluding hydrogens is 389 g/mol. The van der Waals surface area contributed by atoms with E-state index in [-0.39, 0.29) is 42.6 Å². The normalized spacial score (nSPS) is 22.0. The van der Waals surface area contributed by atoms with Crippen molar-refractivity contribution < 1.29 is 9.53 Å². The smallest absolute Gasteiger partial charge is 0.239 e. The molecule has 0 saturated carbocycles. The highest BCUT2D eigenvalue weighted by Gasteiger charge is 2.33. The van der Waals surface area contributed by atoms with Crippen LogP contribution in [0.2, 0.25) is 0 Å². The van der Waals surface area contributed by atoms with Gasteiger partial charge >= 0.3 is 0 Å². The van der Waals surface area contributed by atoms with E-state index in [1.807, 2.05) is 33.7 Å². The number of piperidine rings is 1. The van der Waals surface area contributed by atoms with Crippen LogP contribution >= 0.6 is 24.8 Å². The van der Waals surface area contributed by atoms with Crippen LogP contribution in [-0.4, -0.2) is 57.8 Å². The topological polar surface area (TPSA) is 85.8 Å². The van der Waals surface area contributed by atoms with Gasteiger partial charge in [-0.15, -0.1) is 35.0 Å². The highest BCUT2D eigenvalue weighted by atomic mass is 35.5. The average molecular weight is 416 g/mol. The summed E-state index contributed by atoms with van der Waals surface area (Å²) in [6.07, 6.45) is 5.72. The molecule has 2 aromatic heterocycles. The van der Waals surface area contributed by atoms with E-state index in [1.165, 1.54) is 0 Å². The van der Waals surface area contributed by atoms with Gasteiger partial charge in [-0.3, -0.25) is 9.20 Å². The lowest BCUT2D eigenvalue weighted by Crippen LogP contribution is -2.51. The Hall–Kier alpha value is -1.41. The minimum atomic E-state index is -0.419. The molecule has 150 valence electrons. The predicted octanol–water partition coefficient (Wildman–Crippen LogP) is 2.03. The van der Waals surface area contributed by atoms with Crippen LogP contribution in [0.1, 0.15) is 37.4 Å². The fourth-order valence-electron chi connectivity index (χ4n) is 4.01. The molecule has 0 radical (unpaired) electrons. The molecule has 9 heteroatoms. The molecule has 0 aromatic carbocycles. The summed E-state index contributed by atoms with van der Waals surface area (Å²) in [5, 5.41) is 8.62. The first-order valence-corrected chi connectivity index (χ1v) is 9.16. The molecule has 1 amide bonds. The average Bonchev–Trinajstić information content (AvgIpc) is 3.12. The number of likely N-dealkylation sites (tertiary alicyclic amines) is 1. The molecule has 4 heterocycles. The standard InChI is InChI=1S/C18H25N5O2.2ClH/c19-16(13-6-10-25-11-7-13)18(24)22-8-3-4-14(12-22)17-21-20-15-5-1-2-9-23(15)17;;/h1-2,5,9,13-14,16H,3-4,6-8,10-12,19H2;2*1H. The molecule has 27 heavy (non-hydrogen) atoms. The van der Waals surface area contributed by atoms with Crippen LogP contribution < -0.4 is 5.73 Å². The molecule has 2 aliphatic rings. The summed E-state index contributed by atoms with van der Waals surface area (Å²) < 4.78 is 7.41. The second-order valence-electron chi connectivity index (χ2n) is 7.09. The number of hydrogen-bond acceptors (Lipinski definition) is 5. The second-order valence-corrected chi connectivity index (χ2v) is 7.09. The number of carbonyl (C=O) groups is 1. The van der Waals surface area contributed by atoms with Crippen LogP contribution in [0.25, 0.3) is 5.65 Å². The maximum Gasteiger partial charge on any atom is 0.239 e. The third-order valence-corrected chi connectivity index (χ3v) is 5.50. The molecule has 0 spiro atoms. The first kappa shape index (κ1) is 21.9. The Kier molecular flexibility index (Phi) is 7.85. The van der Waals surface area contributed by atoms with Crippen LogP contribution in [0.5, 0.6) is 0 Å². The van der Waals surface area contributed by atoms with Crippen LogP contribution in [-0.2, 0) is 9.53 Å². The Morgan fingerprint density at radius 2 is 1.96 bits per heavy atom. The van der Waals surface area contributed by atoms with Gasteiger partial charge < -0.3 is 15.4 Å². The number of aromatic nitrogens is 3. The Labute approximate surface area is 171 Å². The van der Waals surface area contributed by atoms with Crippen LogP contribution in [0.15, 0.2) is 24.4 Å². The molecule has 4 rings (SSSR count). The largest absolute Gasteiger partial charge is 0.381 e. The molecule has 0 bridgehead atoms. The van der Waals surface area contributed by atoms with E-state index in [0.29, 0.717) is 19.8 Å². The number of rotatable bonds is 3. The maximum atomic E-state index is 12.9. The van der Waals surface area contributed by atoms with E-state index >= 15 is 0 Å². The van der Waals surface area contributed by atoms with Gasteiger partial charge in [0.2, 0.25) is 5.91 Å². The zero-order valence-corrected chi connectivity index (χ0v) is 16.8. The zero-order valence-electron chi connectivity index (χ0n) is 15.2. The Morgan fingerprint density at radius 3 is 2.74 bits per heavy atom. The number of ether oxygens (including phenoxy) is 1. The van der Waals surface area contributed by atoms with Crippen LogP contribution in [0.3, 0.4) is 0 Å². The summed E-state index contributed by atoms with van der Waals surface area (Å²) in [5.41, 5.74) is 7.14. The van der Waals surface area contributed by atoms with E-state index in [1.54, 1.807) is 0 Å². The summed E-state index contributed by atoms with van der Waals surface area (Å²) in [6.45, 7) is 2.87. The molecule has 2 aliphatic heterocycles. The van der Waals surface area contributed by atoms with Crippen molar-refractivity contribution in [2.75, 3.05) is 26.3 Å². The van der Waals surface area contributed by atoms with Crippen molar-refractivity contribution >= 4 is 36.4 Å². The van der Waals surface area contributed by atoms with Gasteiger partial charge in [0, 0.05) is 38.4 Å². The van der Waals surface area contributed by atoms with E-state index < -0.39 is 6.04 Å². The predicted molar refractivity (Wildman–Crippen MR) is 108 cm³/mol. The highest BCUT2D eigenvalue weighted by molar-refractivity contribution is 5.85. The molecule has 2 atom stereocenters. The minimum Gasteiger partial charge on any atom is -0.381 e. The maximum absolute atomic E-state index is 12.9. The quantitative estimate of drug-likeness (QED) is 0.828. The summed E-state index contributed by atoms with van der Waals surface area (Å²) >= 11 is 0. The number of halogens is 2. The number of hydrogen-bond donors (Lipinski definition) is 1. The monoisotopic (exact) mass is 415 g/mol. The summed E-state index contributed by atoms with van der Waals surface area (Å²) in [4.78, 5) is 14.8. The van der Waals surface area contributed by atoms with Crippen molar-refractivity contribution in [3.05, 3.63) is 30.2 Å². The first-order valence-electron chi connectivity index (χ1n) is 9.16. The van der Waals surface area contributed by atoms with E-state index in [4.69, 9.17) is 10.5 Å². The Bertz CT molecular complexity index is 750. The lowest BCUT2D eigenvalue weighted by molar-refractivity contribution is -0.136. The van der Waals surface area contributed by atoms with Crippen molar-refractivity contribution in [2.45, 2.75) is 37.6 Å². The van der Waals surface area contributed by atoms with Crippen molar-refractivity contribution in [1.29, 1.82) is 0 Å². The van der Waals surface area contributed by atoms with Crippen LogP contribution in [0.4, 0.5) is 0 Å². The SMILES string of the molecule is Cl.Cl.NC(C(=O)N1CCCC(c2nnc3ccccn23)C1)C1CCOCC1. The van der Waals surface area contributed by atoms with Gasteiger partial charge in [-0.25, -0.2) is 0 Å². The second kappa shape index (κ2) is 9.68. The summed E-state index contributed by atoms with van der Waals surface area (Å²) in [7, 11) is 0. The van der Waals surface area contributed by atoms with Crippen molar-refractivity contribution in [3.63, 3.8) is 0 Å². The molecule has 2 fully saturated rings. The number of fused-ring (bicyclic) bond motifs is 1.